The molecule has 0 saturated carbocycles. The average Bonchev–Trinajstić information content (AvgIpc) is 3.07. The molecule has 0 bridgehead atoms. The Balaban J connectivity index is 1.98. The summed E-state index contributed by atoms with van der Waals surface area (Å²) in [6.07, 6.45) is 0. The molecule has 0 unspecified atom stereocenters. The number of dihydropyridines is 1. The lowest BCUT2D eigenvalue weighted by molar-refractivity contribution is -0.138. The molecule has 0 amide bonds. The number of nitrogens with one attached hydrogen (secondary N) is 1. The number of Topliss-reactive ketones (excluding diaryl/α,β-unsaturated/α-hetero) is 1. The first-order valence-corrected chi connectivity index (χ1v) is 11.8. The molecule has 2 aliphatic rings. The number of fused-ring (bicyclic) bond motifs is 2. The topological polar surface area (TPSA) is 73.9 Å². The largest absolute Gasteiger partial charge is 0.493 e. The lowest BCUT2D eigenvalue weighted by Gasteiger charge is -2.30. The molecule has 1 heterocycles. The van der Waals surface area contributed by atoms with Gasteiger partial charge in [-0.15, -0.1) is 0 Å². The summed E-state index contributed by atoms with van der Waals surface area (Å²) < 4.78 is 17.8. The first-order valence-electron chi connectivity index (χ1n) is 11.0. The van der Waals surface area contributed by atoms with Gasteiger partial charge in [0.05, 0.1) is 41.5 Å². The van der Waals surface area contributed by atoms with E-state index in [4.69, 9.17) is 14.2 Å². The normalized spacial score (nSPS) is 16.9. The maximum absolute atomic E-state index is 13.6. The number of ketones is 1. The van der Waals surface area contributed by atoms with Crippen LogP contribution in [0, 0.1) is 0 Å². The van der Waals surface area contributed by atoms with Gasteiger partial charge in [0, 0.05) is 34.0 Å². The van der Waals surface area contributed by atoms with Gasteiger partial charge in [0.2, 0.25) is 0 Å². The SMILES string of the molecule is CCOC(=O)C1=C(C)NC2=C(C(=O)c3ccccc32)[C@@H]1c1cc(Br)c(OCC)cc1OCC. The van der Waals surface area contributed by atoms with E-state index >= 15 is 0 Å². The van der Waals surface area contributed by atoms with Gasteiger partial charge < -0.3 is 19.5 Å². The smallest absolute Gasteiger partial charge is 0.336 e. The number of allylic oxidation sites excluding steroid dienone is 2. The Hall–Kier alpha value is -3.06. The standard InChI is InChI=1S/C26H26BrNO5/c1-5-31-19-13-20(32-6-2)18(27)12-17(19)22-21(26(30)33-7-3)14(4)28-24-15-10-8-9-11-16(15)25(29)23(22)24/h8-13,22,28H,5-7H2,1-4H3/t22-/m1/s1. The van der Waals surface area contributed by atoms with Gasteiger partial charge in [0.1, 0.15) is 11.5 Å². The van der Waals surface area contributed by atoms with Crippen molar-refractivity contribution in [3.8, 4) is 11.5 Å². The third kappa shape index (κ3) is 3.95. The van der Waals surface area contributed by atoms with Crippen LogP contribution in [0.3, 0.4) is 0 Å². The third-order valence-electron chi connectivity index (χ3n) is 5.72. The molecule has 2 aromatic rings. The number of benzene rings is 2. The van der Waals surface area contributed by atoms with Crippen molar-refractivity contribution in [3.05, 3.63) is 74.4 Å². The molecule has 33 heavy (non-hydrogen) atoms. The zero-order valence-electron chi connectivity index (χ0n) is 19.1. The fraction of sp³-hybridized carbons (Fsp3) is 0.308. The van der Waals surface area contributed by atoms with Crippen molar-refractivity contribution >= 4 is 33.4 Å². The summed E-state index contributed by atoms with van der Waals surface area (Å²) >= 11 is 3.59. The van der Waals surface area contributed by atoms with Crippen molar-refractivity contribution in [3.63, 3.8) is 0 Å². The minimum atomic E-state index is -0.659. The zero-order valence-corrected chi connectivity index (χ0v) is 20.7. The molecule has 1 aliphatic carbocycles. The van der Waals surface area contributed by atoms with Crippen molar-refractivity contribution in [1.29, 1.82) is 0 Å². The van der Waals surface area contributed by atoms with E-state index in [0.29, 0.717) is 57.2 Å². The summed E-state index contributed by atoms with van der Waals surface area (Å²) in [6, 6.07) is 11.2. The predicted molar refractivity (Wildman–Crippen MR) is 129 cm³/mol. The lowest BCUT2D eigenvalue weighted by Crippen LogP contribution is -2.29. The van der Waals surface area contributed by atoms with E-state index in [1.54, 1.807) is 13.0 Å². The number of hydrogen-bond donors (Lipinski definition) is 1. The summed E-state index contributed by atoms with van der Waals surface area (Å²) in [5, 5.41) is 3.31. The van der Waals surface area contributed by atoms with Gasteiger partial charge >= 0.3 is 5.97 Å². The van der Waals surface area contributed by atoms with Crippen LogP contribution in [-0.4, -0.2) is 31.6 Å². The maximum atomic E-state index is 13.6. The van der Waals surface area contributed by atoms with Crippen LogP contribution in [0.1, 0.15) is 55.1 Å². The Labute approximate surface area is 201 Å². The fourth-order valence-electron chi connectivity index (χ4n) is 4.44. The molecule has 0 spiro atoms. The van der Waals surface area contributed by atoms with E-state index in [-0.39, 0.29) is 12.4 Å². The molecule has 0 aromatic heterocycles. The summed E-state index contributed by atoms with van der Waals surface area (Å²) in [5.41, 5.74) is 4.42. The molecule has 0 fully saturated rings. The van der Waals surface area contributed by atoms with Crippen LogP contribution >= 0.6 is 15.9 Å². The van der Waals surface area contributed by atoms with Gasteiger partial charge in [0.15, 0.2) is 5.78 Å². The maximum Gasteiger partial charge on any atom is 0.336 e. The van der Waals surface area contributed by atoms with Crippen LogP contribution in [0.15, 0.2) is 57.7 Å². The molecule has 4 rings (SSSR count). The molecule has 1 atom stereocenters. The fourth-order valence-corrected chi connectivity index (χ4v) is 4.92. The summed E-state index contributed by atoms with van der Waals surface area (Å²) in [7, 11) is 0. The highest BCUT2D eigenvalue weighted by molar-refractivity contribution is 9.10. The second kappa shape index (κ2) is 9.43. The van der Waals surface area contributed by atoms with Gasteiger partial charge in [-0.05, 0) is 49.7 Å². The molecule has 172 valence electrons. The molecular weight excluding hydrogens is 486 g/mol. The number of rotatable bonds is 7. The van der Waals surface area contributed by atoms with Crippen LogP contribution in [-0.2, 0) is 9.53 Å². The van der Waals surface area contributed by atoms with E-state index in [9.17, 15) is 9.59 Å². The van der Waals surface area contributed by atoms with Crippen molar-refractivity contribution in [2.24, 2.45) is 0 Å². The van der Waals surface area contributed by atoms with E-state index in [2.05, 4.69) is 21.2 Å². The van der Waals surface area contributed by atoms with Crippen LogP contribution in [0.5, 0.6) is 11.5 Å². The van der Waals surface area contributed by atoms with Gasteiger partial charge in [0.25, 0.3) is 0 Å². The molecule has 2 aromatic carbocycles. The monoisotopic (exact) mass is 511 g/mol. The number of esters is 1. The number of carbonyl (C=O) groups is 2. The first kappa shape index (κ1) is 23.1. The highest BCUT2D eigenvalue weighted by Crippen LogP contribution is 2.50. The van der Waals surface area contributed by atoms with Gasteiger partial charge in [-0.3, -0.25) is 4.79 Å². The Morgan fingerprint density at radius 3 is 2.33 bits per heavy atom. The van der Waals surface area contributed by atoms with E-state index < -0.39 is 11.9 Å². The second-order valence-corrected chi connectivity index (χ2v) is 8.52. The van der Waals surface area contributed by atoms with Crippen molar-refractivity contribution in [1.82, 2.24) is 5.32 Å². The predicted octanol–water partition coefficient (Wildman–Crippen LogP) is 5.38. The van der Waals surface area contributed by atoms with Crippen LogP contribution in [0.4, 0.5) is 0 Å². The Morgan fingerprint density at radius 1 is 1.00 bits per heavy atom. The highest BCUT2D eigenvalue weighted by atomic mass is 79.9. The highest BCUT2D eigenvalue weighted by Gasteiger charge is 2.44. The van der Waals surface area contributed by atoms with Gasteiger partial charge in [-0.25, -0.2) is 4.79 Å². The van der Waals surface area contributed by atoms with Gasteiger partial charge in [-0.1, -0.05) is 24.3 Å². The Kier molecular flexibility index (Phi) is 6.61. The molecule has 0 saturated heterocycles. The minimum absolute atomic E-state index is 0.111. The summed E-state index contributed by atoms with van der Waals surface area (Å²) in [5.74, 6) is -0.0441. The molecule has 7 heteroatoms. The van der Waals surface area contributed by atoms with Crippen LogP contribution in [0.2, 0.25) is 0 Å². The average molecular weight is 512 g/mol. The number of hydrogen-bond acceptors (Lipinski definition) is 6. The van der Waals surface area contributed by atoms with Gasteiger partial charge in [-0.2, -0.15) is 0 Å². The van der Waals surface area contributed by atoms with E-state index in [1.807, 2.05) is 51.1 Å². The Bertz CT molecular complexity index is 1200. The first-order chi connectivity index (χ1) is 15.9. The third-order valence-corrected chi connectivity index (χ3v) is 6.34. The molecule has 6 nitrogen and oxygen atoms in total. The van der Waals surface area contributed by atoms with Crippen LogP contribution in [0.25, 0.3) is 5.70 Å². The molecular formula is C26H26BrNO5. The van der Waals surface area contributed by atoms with E-state index in [1.165, 1.54) is 0 Å². The van der Waals surface area contributed by atoms with Crippen LogP contribution < -0.4 is 14.8 Å². The summed E-state index contributed by atoms with van der Waals surface area (Å²) in [6.45, 7) is 8.54. The Morgan fingerprint density at radius 2 is 1.67 bits per heavy atom. The molecule has 1 N–H and O–H groups in total. The number of halogens is 1. The summed E-state index contributed by atoms with van der Waals surface area (Å²) in [4.78, 5) is 26.8. The molecule has 1 aliphatic heterocycles. The minimum Gasteiger partial charge on any atom is -0.493 e. The second-order valence-electron chi connectivity index (χ2n) is 7.67. The molecule has 0 radical (unpaired) electrons. The van der Waals surface area contributed by atoms with E-state index in [0.717, 1.165) is 11.3 Å². The van der Waals surface area contributed by atoms with Crippen molar-refractivity contribution < 1.29 is 23.8 Å². The lowest BCUT2D eigenvalue weighted by atomic mass is 9.79. The number of carbonyl (C=O) groups excluding carboxylic acids is 2. The quantitative estimate of drug-likeness (QED) is 0.503. The van der Waals surface area contributed by atoms with Crippen molar-refractivity contribution in [2.75, 3.05) is 19.8 Å². The van der Waals surface area contributed by atoms with Crippen molar-refractivity contribution in [2.45, 2.75) is 33.6 Å². The number of ether oxygens (including phenoxy) is 3. The zero-order chi connectivity index (χ0) is 23.7.